The average molecular weight is 259 g/mol. The zero-order valence-corrected chi connectivity index (χ0v) is 11.4. The van der Waals surface area contributed by atoms with Crippen LogP contribution in [0.25, 0.3) is 0 Å². The third-order valence-corrected chi connectivity index (χ3v) is 4.45. The quantitative estimate of drug-likeness (QED) is 0.873. The predicted molar refractivity (Wildman–Crippen MR) is 75.1 cm³/mol. The first-order valence-electron chi connectivity index (χ1n) is 7.27. The highest BCUT2D eigenvalue weighted by Gasteiger charge is 2.40. The molecular formula is C15H21N3O. The lowest BCUT2D eigenvalue weighted by atomic mass is 9.95. The monoisotopic (exact) mass is 259 g/mol. The SMILES string of the molecule is CCNc1ncccc1C(=O)NC1CC2CCC1C2. The van der Waals surface area contributed by atoms with Crippen molar-refractivity contribution < 1.29 is 4.79 Å². The fourth-order valence-corrected chi connectivity index (χ4v) is 3.56. The summed E-state index contributed by atoms with van der Waals surface area (Å²) in [4.78, 5) is 16.6. The van der Waals surface area contributed by atoms with Gasteiger partial charge in [-0.2, -0.15) is 0 Å². The van der Waals surface area contributed by atoms with Crippen LogP contribution in [0.15, 0.2) is 18.3 Å². The molecule has 0 spiro atoms. The van der Waals surface area contributed by atoms with Crippen LogP contribution in [0.4, 0.5) is 5.82 Å². The molecule has 2 N–H and O–H groups in total. The molecule has 0 saturated heterocycles. The Bertz CT molecular complexity index is 474. The Labute approximate surface area is 114 Å². The predicted octanol–water partition coefficient (Wildman–Crippen LogP) is 2.43. The van der Waals surface area contributed by atoms with Crippen molar-refractivity contribution >= 4 is 11.7 Å². The first kappa shape index (κ1) is 12.5. The number of nitrogens with zero attached hydrogens (tertiary/aromatic N) is 1. The molecule has 2 bridgehead atoms. The highest BCUT2D eigenvalue weighted by molar-refractivity contribution is 5.98. The minimum atomic E-state index is 0.0154. The summed E-state index contributed by atoms with van der Waals surface area (Å²) in [6, 6.07) is 4.03. The topological polar surface area (TPSA) is 54.0 Å². The van der Waals surface area contributed by atoms with Gasteiger partial charge in [0.15, 0.2) is 0 Å². The summed E-state index contributed by atoms with van der Waals surface area (Å²) in [5.74, 6) is 2.25. The molecule has 3 unspecified atom stereocenters. The fourth-order valence-electron chi connectivity index (χ4n) is 3.56. The minimum absolute atomic E-state index is 0.0154. The van der Waals surface area contributed by atoms with Crippen molar-refractivity contribution in [3.8, 4) is 0 Å². The van der Waals surface area contributed by atoms with Crippen LogP contribution >= 0.6 is 0 Å². The molecule has 0 aliphatic heterocycles. The van der Waals surface area contributed by atoms with E-state index >= 15 is 0 Å². The second-order valence-corrected chi connectivity index (χ2v) is 5.68. The van der Waals surface area contributed by atoms with Crippen LogP contribution in [-0.4, -0.2) is 23.5 Å². The Hall–Kier alpha value is -1.58. The largest absolute Gasteiger partial charge is 0.370 e. The summed E-state index contributed by atoms with van der Waals surface area (Å²) in [6.45, 7) is 2.78. The summed E-state index contributed by atoms with van der Waals surface area (Å²) in [6.07, 6.45) is 6.81. The highest BCUT2D eigenvalue weighted by atomic mass is 16.1. The summed E-state index contributed by atoms with van der Waals surface area (Å²) in [5.41, 5.74) is 0.659. The van der Waals surface area contributed by atoms with E-state index in [9.17, 15) is 4.79 Å². The standard InChI is InChI=1S/C15H21N3O/c1-2-16-14-12(4-3-7-17-14)15(19)18-13-9-10-5-6-11(13)8-10/h3-4,7,10-11,13H,2,5-6,8-9H2,1H3,(H,16,17)(H,18,19). The molecule has 3 atom stereocenters. The van der Waals surface area contributed by atoms with Gasteiger partial charge in [-0.1, -0.05) is 6.42 Å². The lowest BCUT2D eigenvalue weighted by Gasteiger charge is -2.23. The number of rotatable bonds is 4. The van der Waals surface area contributed by atoms with Crippen molar-refractivity contribution in [2.24, 2.45) is 11.8 Å². The number of hydrogen-bond donors (Lipinski definition) is 2. The van der Waals surface area contributed by atoms with Gasteiger partial charge < -0.3 is 10.6 Å². The van der Waals surface area contributed by atoms with Crippen molar-refractivity contribution in [2.45, 2.75) is 38.6 Å². The van der Waals surface area contributed by atoms with Gasteiger partial charge in [-0.15, -0.1) is 0 Å². The number of fused-ring (bicyclic) bond motifs is 2. The smallest absolute Gasteiger partial charge is 0.255 e. The fraction of sp³-hybridized carbons (Fsp3) is 0.600. The Morgan fingerprint density at radius 3 is 3.00 bits per heavy atom. The second-order valence-electron chi connectivity index (χ2n) is 5.68. The van der Waals surface area contributed by atoms with Crippen LogP contribution in [0, 0.1) is 11.8 Å². The molecule has 102 valence electrons. The molecule has 4 nitrogen and oxygen atoms in total. The van der Waals surface area contributed by atoms with Gasteiger partial charge in [0.1, 0.15) is 5.82 Å². The summed E-state index contributed by atoms with van der Waals surface area (Å²) >= 11 is 0. The summed E-state index contributed by atoms with van der Waals surface area (Å²) in [5, 5.41) is 6.35. The van der Waals surface area contributed by atoms with Gasteiger partial charge >= 0.3 is 0 Å². The van der Waals surface area contributed by atoms with Crippen LogP contribution < -0.4 is 10.6 Å². The van der Waals surface area contributed by atoms with E-state index in [4.69, 9.17) is 0 Å². The molecule has 19 heavy (non-hydrogen) atoms. The van der Waals surface area contributed by atoms with Crippen LogP contribution in [-0.2, 0) is 0 Å². The molecule has 2 saturated carbocycles. The first-order chi connectivity index (χ1) is 9.28. The van der Waals surface area contributed by atoms with Gasteiger partial charge in [0.25, 0.3) is 5.91 Å². The van der Waals surface area contributed by atoms with Crippen LogP contribution in [0.5, 0.6) is 0 Å². The van der Waals surface area contributed by atoms with Crippen LogP contribution in [0.2, 0.25) is 0 Å². The molecule has 3 rings (SSSR count). The van der Waals surface area contributed by atoms with Gasteiger partial charge in [0, 0.05) is 18.8 Å². The van der Waals surface area contributed by atoms with Gasteiger partial charge in [-0.25, -0.2) is 4.98 Å². The Balaban J connectivity index is 1.70. The van der Waals surface area contributed by atoms with Crippen molar-refractivity contribution in [1.82, 2.24) is 10.3 Å². The summed E-state index contributed by atoms with van der Waals surface area (Å²) < 4.78 is 0. The lowest BCUT2D eigenvalue weighted by molar-refractivity contribution is 0.0923. The average Bonchev–Trinajstić information content (AvgIpc) is 3.02. The number of hydrogen-bond acceptors (Lipinski definition) is 3. The maximum Gasteiger partial charge on any atom is 0.255 e. The van der Waals surface area contributed by atoms with E-state index in [0.29, 0.717) is 23.3 Å². The number of carbonyl (C=O) groups is 1. The Morgan fingerprint density at radius 2 is 2.32 bits per heavy atom. The van der Waals surface area contributed by atoms with Gasteiger partial charge in [0.05, 0.1) is 5.56 Å². The van der Waals surface area contributed by atoms with Crippen molar-refractivity contribution in [3.05, 3.63) is 23.9 Å². The van der Waals surface area contributed by atoms with E-state index in [1.54, 1.807) is 6.20 Å². The second kappa shape index (κ2) is 5.19. The van der Waals surface area contributed by atoms with E-state index in [1.807, 2.05) is 19.1 Å². The van der Waals surface area contributed by atoms with Gasteiger partial charge in [-0.3, -0.25) is 4.79 Å². The Morgan fingerprint density at radius 1 is 1.42 bits per heavy atom. The minimum Gasteiger partial charge on any atom is -0.370 e. The molecule has 2 aliphatic carbocycles. The zero-order valence-electron chi connectivity index (χ0n) is 11.4. The van der Waals surface area contributed by atoms with E-state index in [-0.39, 0.29) is 5.91 Å². The molecule has 4 heteroatoms. The molecule has 2 fully saturated rings. The molecule has 1 aromatic rings. The third kappa shape index (κ3) is 2.44. The molecule has 2 aliphatic rings. The van der Waals surface area contributed by atoms with Crippen molar-refractivity contribution in [3.63, 3.8) is 0 Å². The maximum absolute atomic E-state index is 12.4. The van der Waals surface area contributed by atoms with E-state index in [0.717, 1.165) is 18.9 Å². The Kier molecular flexibility index (Phi) is 3.40. The van der Waals surface area contributed by atoms with Crippen molar-refractivity contribution in [1.29, 1.82) is 0 Å². The summed E-state index contributed by atoms with van der Waals surface area (Å²) in [7, 11) is 0. The van der Waals surface area contributed by atoms with Crippen molar-refractivity contribution in [2.75, 3.05) is 11.9 Å². The molecule has 1 heterocycles. The van der Waals surface area contributed by atoms with E-state index in [1.165, 1.54) is 19.3 Å². The van der Waals surface area contributed by atoms with Gasteiger partial charge in [-0.05, 0) is 50.2 Å². The number of amides is 1. The normalized spacial score (nSPS) is 28.4. The molecule has 0 radical (unpaired) electrons. The van der Waals surface area contributed by atoms with Crippen LogP contribution in [0.1, 0.15) is 43.0 Å². The number of anilines is 1. The first-order valence-corrected chi connectivity index (χ1v) is 7.27. The highest BCUT2D eigenvalue weighted by Crippen LogP contribution is 2.44. The lowest BCUT2D eigenvalue weighted by Crippen LogP contribution is -2.38. The van der Waals surface area contributed by atoms with Gasteiger partial charge in [0.2, 0.25) is 0 Å². The third-order valence-electron chi connectivity index (χ3n) is 4.45. The maximum atomic E-state index is 12.4. The zero-order chi connectivity index (χ0) is 13.2. The molecular weight excluding hydrogens is 238 g/mol. The number of pyridine rings is 1. The molecule has 1 aromatic heterocycles. The van der Waals surface area contributed by atoms with E-state index in [2.05, 4.69) is 15.6 Å². The molecule has 0 aromatic carbocycles. The molecule has 1 amide bonds. The number of carbonyl (C=O) groups excluding carboxylic acids is 1. The number of nitrogens with one attached hydrogen (secondary N) is 2. The van der Waals surface area contributed by atoms with Crippen LogP contribution in [0.3, 0.4) is 0 Å². The van der Waals surface area contributed by atoms with E-state index < -0.39 is 0 Å². The number of aromatic nitrogens is 1.